The monoisotopic (exact) mass is 302 g/mol. The van der Waals surface area contributed by atoms with Crippen LogP contribution in [0.15, 0.2) is 29.2 Å². The zero-order valence-corrected chi connectivity index (χ0v) is 11.2. The number of benzene rings is 1. The normalized spacial score (nSPS) is 18.3. The van der Waals surface area contributed by atoms with Crippen molar-refractivity contribution in [1.82, 2.24) is 15.1 Å². The van der Waals surface area contributed by atoms with E-state index in [0.717, 1.165) is 4.68 Å². The number of imide groups is 1. The van der Waals surface area contributed by atoms with Crippen molar-refractivity contribution in [2.75, 3.05) is 0 Å². The van der Waals surface area contributed by atoms with E-state index >= 15 is 0 Å². The van der Waals surface area contributed by atoms with Crippen LogP contribution in [0.25, 0.3) is 10.8 Å². The first-order valence-corrected chi connectivity index (χ1v) is 6.47. The van der Waals surface area contributed by atoms with Gasteiger partial charge in [0.1, 0.15) is 11.4 Å². The van der Waals surface area contributed by atoms with Crippen molar-refractivity contribution in [3.63, 3.8) is 0 Å². The van der Waals surface area contributed by atoms with Crippen molar-refractivity contribution in [2.24, 2.45) is 0 Å². The van der Waals surface area contributed by atoms with Crippen LogP contribution in [0.4, 0.5) is 5.69 Å². The van der Waals surface area contributed by atoms with E-state index in [1.54, 1.807) is 0 Å². The Morgan fingerprint density at radius 1 is 1.32 bits per heavy atom. The van der Waals surface area contributed by atoms with Gasteiger partial charge >= 0.3 is 0 Å². The average Bonchev–Trinajstić information content (AvgIpc) is 2.48. The summed E-state index contributed by atoms with van der Waals surface area (Å²) in [5, 5.41) is 17.3. The van der Waals surface area contributed by atoms with E-state index in [2.05, 4.69) is 10.4 Å². The van der Waals surface area contributed by atoms with Gasteiger partial charge in [-0.3, -0.25) is 29.8 Å². The van der Waals surface area contributed by atoms with Gasteiger partial charge in [-0.25, -0.2) is 4.68 Å². The minimum atomic E-state index is -0.950. The second kappa shape index (κ2) is 5.02. The Morgan fingerprint density at radius 3 is 2.77 bits per heavy atom. The smallest absolute Gasteiger partial charge is 0.282 e. The summed E-state index contributed by atoms with van der Waals surface area (Å²) in [6, 6.07) is 3.26. The number of nitrogens with zero attached hydrogens (tertiary/aromatic N) is 3. The van der Waals surface area contributed by atoms with Crippen molar-refractivity contribution in [2.45, 2.75) is 18.9 Å². The van der Waals surface area contributed by atoms with Gasteiger partial charge in [0.2, 0.25) is 5.91 Å². The highest BCUT2D eigenvalue weighted by atomic mass is 16.6. The lowest BCUT2D eigenvalue weighted by Crippen LogP contribution is -2.45. The van der Waals surface area contributed by atoms with Crippen molar-refractivity contribution >= 4 is 28.3 Å². The lowest BCUT2D eigenvalue weighted by atomic mass is 10.1. The zero-order chi connectivity index (χ0) is 15.9. The van der Waals surface area contributed by atoms with Crippen LogP contribution >= 0.6 is 0 Å². The van der Waals surface area contributed by atoms with Crippen LogP contribution in [-0.2, 0) is 9.59 Å². The molecule has 1 N–H and O–H groups in total. The fraction of sp³-hybridized carbons (Fsp3) is 0.231. The molecule has 9 heteroatoms. The molecule has 1 aliphatic heterocycles. The summed E-state index contributed by atoms with van der Waals surface area (Å²) in [5.74, 6) is -1.05. The molecule has 1 fully saturated rings. The quantitative estimate of drug-likeness (QED) is 0.482. The number of piperidine rings is 1. The molecule has 2 heterocycles. The van der Waals surface area contributed by atoms with Gasteiger partial charge in [0, 0.05) is 17.9 Å². The number of hydrogen-bond donors (Lipinski definition) is 1. The third kappa shape index (κ3) is 2.12. The Kier molecular flexibility index (Phi) is 3.17. The number of non-ortho nitro benzene ring substituents is 1. The second-order valence-corrected chi connectivity index (χ2v) is 4.86. The molecule has 0 radical (unpaired) electrons. The van der Waals surface area contributed by atoms with E-state index in [4.69, 9.17) is 0 Å². The summed E-state index contributed by atoms with van der Waals surface area (Å²) in [7, 11) is 0. The minimum Gasteiger partial charge on any atom is -0.295 e. The van der Waals surface area contributed by atoms with E-state index in [1.165, 1.54) is 24.4 Å². The summed E-state index contributed by atoms with van der Waals surface area (Å²) in [5.41, 5.74) is -1.06. The van der Waals surface area contributed by atoms with E-state index in [0.29, 0.717) is 5.39 Å². The van der Waals surface area contributed by atoms with Crippen LogP contribution < -0.4 is 10.9 Å². The lowest BCUT2D eigenvalue weighted by molar-refractivity contribution is -0.383. The van der Waals surface area contributed by atoms with Crippen molar-refractivity contribution in [3.05, 3.63) is 44.9 Å². The highest BCUT2D eigenvalue weighted by molar-refractivity contribution is 5.99. The van der Waals surface area contributed by atoms with Crippen LogP contribution in [0.1, 0.15) is 18.9 Å². The Hall–Kier alpha value is -3.10. The minimum absolute atomic E-state index is 0.0828. The van der Waals surface area contributed by atoms with Gasteiger partial charge in [0.15, 0.2) is 0 Å². The Morgan fingerprint density at radius 2 is 2.09 bits per heavy atom. The Bertz CT molecular complexity index is 872. The Balaban J connectivity index is 2.20. The lowest BCUT2D eigenvalue weighted by Gasteiger charge is -2.21. The number of fused-ring (bicyclic) bond motifs is 1. The van der Waals surface area contributed by atoms with Crippen LogP contribution in [0.5, 0.6) is 0 Å². The third-order valence-corrected chi connectivity index (χ3v) is 3.52. The predicted molar refractivity (Wildman–Crippen MR) is 74.1 cm³/mol. The number of hydrogen-bond acceptors (Lipinski definition) is 6. The number of nitro groups is 1. The number of carbonyl (C=O) groups is 2. The molecule has 2 amide bonds. The number of nitrogens with one attached hydrogen (secondary N) is 1. The van der Waals surface area contributed by atoms with Crippen LogP contribution in [-0.4, -0.2) is 26.5 Å². The zero-order valence-electron chi connectivity index (χ0n) is 11.2. The van der Waals surface area contributed by atoms with Crippen molar-refractivity contribution < 1.29 is 14.5 Å². The van der Waals surface area contributed by atoms with Gasteiger partial charge in [0.25, 0.3) is 17.2 Å². The standard InChI is InChI=1S/C13H10N4O5/c18-10-5-4-9(12(19)15-10)16-13(20)11-7(6-14-16)2-1-3-8(11)17(21)22/h1-3,6,9H,4-5H2,(H,15,18,19). The van der Waals surface area contributed by atoms with Gasteiger partial charge in [-0.05, 0) is 6.42 Å². The van der Waals surface area contributed by atoms with E-state index in [1.807, 2.05) is 0 Å². The van der Waals surface area contributed by atoms with Gasteiger partial charge in [-0.2, -0.15) is 5.10 Å². The van der Waals surface area contributed by atoms with Gasteiger partial charge in [-0.1, -0.05) is 12.1 Å². The highest BCUT2D eigenvalue weighted by Crippen LogP contribution is 2.23. The number of rotatable bonds is 2. The molecule has 0 aliphatic carbocycles. The summed E-state index contributed by atoms with van der Waals surface area (Å²) in [6.45, 7) is 0. The SMILES string of the molecule is O=C1CCC(n2ncc3cccc([N+](=O)[O-])c3c2=O)C(=O)N1. The molecule has 112 valence electrons. The number of carbonyl (C=O) groups excluding carboxylic acids is 2. The number of nitro benzene ring substituents is 1. The average molecular weight is 302 g/mol. The van der Waals surface area contributed by atoms with Crippen molar-refractivity contribution in [3.8, 4) is 0 Å². The van der Waals surface area contributed by atoms with Gasteiger partial charge < -0.3 is 0 Å². The molecule has 1 saturated heterocycles. The van der Waals surface area contributed by atoms with Crippen LogP contribution in [0.2, 0.25) is 0 Å². The first-order chi connectivity index (χ1) is 10.5. The van der Waals surface area contributed by atoms with Gasteiger partial charge in [-0.15, -0.1) is 0 Å². The summed E-state index contributed by atoms with van der Waals surface area (Å²) < 4.78 is 0.900. The number of amides is 2. The highest BCUT2D eigenvalue weighted by Gasteiger charge is 2.30. The molecule has 3 rings (SSSR count). The molecule has 0 bridgehead atoms. The second-order valence-electron chi connectivity index (χ2n) is 4.86. The number of aromatic nitrogens is 2. The first-order valence-electron chi connectivity index (χ1n) is 6.47. The molecule has 2 aromatic rings. The van der Waals surface area contributed by atoms with E-state index in [9.17, 15) is 24.5 Å². The summed E-state index contributed by atoms with van der Waals surface area (Å²) in [6.07, 6.45) is 1.51. The molecule has 0 spiro atoms. The van der Waals surface area contributed by atoms with Gasteiger partial charge in [0.05, 0.1) is 11.1 Å². The fourth-order valence-electron chi connectivity index (χ4n) is 2.48. The molecule has 0 saturated carbocycles. The summed E-state index contributed by atoms with van der Waals surface area (Å²) in [4.78, 5) is 45.9. The van der Waals surface area contributed by atoms with Crippen LogP contribution in [0, 0.1) is 10.1 Å². The summed E-state index contributed by atoms with van der Waals surface area (Å²) >= 11 is 0. The first kappa shape index (κ1) is 13.9. The molecular formula is C13H10N4O5. The maximum absolute atomic E-state index is 12.5. The molecule has 1 aromatic heterocycles. The molecule has 9 nitrogen and oxygen atoms in total. The molecule has 1 aromatic carbocycles. The molecule has 1 aliphatic rings. The topological polar surface area (TPSA) is 124 Å². The Labute approximate surface area is 122 Å². The van der Waals surface area contributed by atoms with E-state index in [-0.39, 0.29) is 23.9 Å². The fourth-order valence-corrected chi connectivity index (χ4v) is 2.48. The third-order valence-electron chi connectivity index (χ3n) is 3.52. The maximum atomic E-state index is 12.5. The molecular weight excluding hydrogens is 292 g/mol. The molecule has 1 atom stereocenters. The van der Waals surface area contributed by atoms with E-state index < -0.39 is 28.3 Å². The molecule has 1 unspecified atom stereocenters. The predicted octanol–water partition coefficient (Wildman–Crippen LogP) is 0.282. The van der Waals surface area contributed by atoms with Crippen molar-refractivity contribution in [1.29, 1.82) is 0 Å². The largest absolute Gasteiger partial charge is 0.295 e. The molecule has 22 heavy (non-hydrogen) atoms. The maximum Gasteiger partial charge on any atom is 0.282 e. The van der Waals surface area contributed by atoms with Crippen LogP contribution in [0.3, 0.4) is 0 Å².